The van der Waals surface area contributed by atoms with Crippen molar-refractivity contribution in [1.82, 2.24) is 0 Å². The summed E-state index contributed by atoms with van der Waals surface area (Å²) in [4.78, 5) is 12.4. The molecule has 4 heteroatoms. The Morgan fingerprint density at radius 2 is 2.00 bits per heavy atom. The molecule has 1 amide bonds. The smallest absolute Gasteiger partial charge is 0.256 e. The molecule has 1 atom stereocenters. The van der Waals surface area contributed by atoms with Crippen molar-refractivity contribution in [2.24, 2.45) is 5.92 Å². The predicted molar refractivity (Wildman–Crippen MR) is 83.6 cm³/mol. The van der Waals surface area contributed by atoms with Gasteiger partial charge in [-0.15, -0.1) is 0 Å². The van der Waals surface area contributed by atoms with Gasteiger partial charge in [0.1, 0.15) is 11.4 Å². The molecule has 0 heterocycles. The Balaban J connectivity index is 1.92. The van der Waals surface area contributed by atoms with Gasteiger partial charge in [-0.25, -0.2) is 0 Å². The van der Waals surface area contributed by atoms with Crippen molar-refractivity contribution in [2.45, 2.75) is 45.1 Å². The molecule has 0 bridgehead atoms. The highest BCUT2D eigenvalue weighted by Gasteiger charge is 2.47. The number of benzene rings is 1. The van der Waals surface area contributed by atoms with E-state index in [-0.39, 0.29) is 5.91 Å². The van der Waals surface area contributed by atoms with E-state index in [0.717, 1.165) is 43.7 Å². The van der Waals surface area contributed by atoms with Gasteiger partial charge in [0, 0.05) is 12.8 Å². The number of carbonyl (C=O) groups is 1. The summed E-state index contributed by atoms with van der Waals surface area (Å²) < 4.78 is 11.1. The zero-order valence-electron chi connectivity index (χ0n) is 13.1. The van der Waals surface area contributed by atoms with Gasteiger partial charge in [0.25, 0.3) is 5.91 Å². The molecule has 1 fully saturated rings. The summed E-state index contributed by atoms with van der Waals surface area (Å²) in [7, 11) is 1.60. The second kappa shape index (κ2) is 6.94. The van der Waals surface area contributed by atoms with Crippen molar-refractivity contribution < 1.29 is 14.3 Å². The number of ether oxygens (including phenoxy) is 2. The first kappa shape index (κ1) is 15.8. The Kier molecular flexibility index (Phi) is 5.23. The third kappa shape index (κ3) is 3.97. The molecule has 0 aliphatic heterocycles. The molecule has 0 saturated heterocycles. The highest BCUT2D eigenvalue weighted by molar-refractivity contribution is 5.97. The maximum Gasteiger partial charge on any atom is 0.256 e. The van der Waals surface area contributed by atoms with Crippen molar-refractivity contribution >= 4 is 11.6 Å². The number of unbranched alkanes of at least 4 members (excludes halogenated alkanes) is 1. The van der Waals surface area contributed by atoms with Gasteiger partial charge in [0.05, 0.1) is 6.61 Å². The maximum atomic E-state index is 12.4. The maximum absolute atomic E-state index is 12.4. The van der Waals surface area contributed by atoms with Crippen LogP contribution in [0.4, 0.5) is 5.69 Å². The predicted octanol–water partition coefficient (Wildman–Crippen LogP) is 3.62. The largest absolute Gasteiger partial charge is 0.494 e. The first-order chi connectivity index (χ1) is 10.1. The first-order valence-corrected chi connectivity index (χ1v) is 7.69. The van der Waals surface area contributed by atoms with Gasteiger partial charge in [-0.1, -0.05) is 13.3 Å². The zero-order chi connectivity index (χ0) is 15.3. The molecule has 2 rings (SSSR count). The van der Waals surface area contributed by atoms with E-state index in [1.807, 2.05) is 31.2 Å². The summed E-state index contributed by atoms with van der Waals surface area (Å²) >= 11 is 0. The number of methoxy groups -OCH3 is 1. The molecule has 4 nitrogen and oxygen atoms in total. The Hall–Kier alpha value is -1.55. The van der Waals surface area contributed by atoms with Crippen molar-refractivity contribution in [3.05, 3.63) is 24.3 Å². The minimum atomic E-state index is -0.726. The highest BCUT2D eigenvalue weighted by Crippen LogP contribution is 2.42. The molecule has 1 aliphatic rings. The zero-order valence-corrected chi connectivity index (χ0v) is 13.1. The minimum Gasteiger partial charge on any atom is -0.494 e. The summed E-state index contributed by atoms with van der Waals surface area (Å²) in [6.45, 7) is 4.72. The average molecular weight is 291 g/mol. The molecular weight excluding hydrogens is 266 g/mol. The lowest BCUT2D eigenvalue weighted by molar-refractivity contribution is -0.138. The Labute approximate surface area is 126 Å². The SMILES string of the molecule is CCCCOc1ccc(NC(=O)[C@](C)(OC)C2CC2)cc1. The van der Waals surface area contributed by atoms with Crippen LogP contribution in [0.1, 0.15) is 39.5 Å². The summed E-state index contributed by atoms with van der Waals surface area (Å²) in [5.41, 5.74) is 0.0443. The molecule has 1 aromatic rings. The van der Waals surface area contributed by atoms with Gasteiger partial charge in [-0.05, 0) is 56.4 Å². The quantitative estimate of drug-likeness (QED) is 0.744. The summed E-state index contributed by atoms with van der Waals surface area (Å²) in [5.74, 6) is 1.09. The second-order valence-electron chi connectivity index (χ2n) is 5.77. The fourth-order valence-electron chi connectivity index (χ4n) is 2.30. The van der Waals surface area contributed by atoms with Crippen molar-refractivity contribution in [3.8, 4) is 5.75 Å². The van der Waals surface area contributed by atoms with Crippen LogP contribution >= 0.6 is 0 Å². The fraction of sp³-hybridized carbons (Fsp3) is 0.588. The van der Waals surface area contributed by atoms with E-state index in [1.54, 1.807) is 7.11 Å². The van der Waals surface area contributed by atoms with Crippen LogP contribution in [0.25, 0.3) is 0 Å². The summed E-state index contributed by atoms with van der Waals surface area (Å²) in [5, 5.41) is 2.93. The topological polar surface area (TPSA) is 47.6 Å². The standard InChI is InChI=1S/C17H25NO3/c1-4-5-12-21-15-10-8-14(9-11-15)18-16(19)17(2,20-3)13-6-7-13/h8-11,13H,4-7,12H2,1-3H3,(H,18,19)/t17-/m1/s1. The van der Waals surface area contributed by atoms with E-state index < -0.39 is 5.60 Å². The Morgan fingerprint density at radius 3 is 2.52 bits per heavy atom. The number of nitrogens with one attached hydrogen (secondary N) is 1. The third-order valence-electron chi connectivity index (χ3n) is 4.11. The van der Waals surface area contributed by atoms with Gasteiger partial charge in [-0.2, -0.15) is 0 Å². The number of hydrogen-bond acceptors (Lipinski definition) is 3. The third-order valence-corrected chi connectivity index (χ3v) is 4.11. The second-order valence-corrected chi connectivity index (χ2v) is 5.77. The van der Waals surface area contributed by atoms with E-state index in [2.05, 4.69) is 12.2 Å². The first-order valence-electron chi connectivity index (χ1n) is 7.69. The van der Waals surface area contributed by atoms with E-state index in [9.17, 15) is 4.79 Å². The lowest BCUT2D eigenvalue weighted by Gasteiger charge is -2.26. The number of amides is 1. The van der Waals surface area contributed by atoms with Crippen LogP contribution < -0.4 is 10.1 Å². The van der Waals surface area contributed by atoms with Crippen LogP contribution in [0.5, 0.6) is 5.75 Å². The molecule has 1 N–H and O–H groups in total. The molecular formula is C17H25NO3. The van der Waals surface area contributed by atoms with E-state index in [4.69, 9.17) is 9.47 Å². The number of carbonyl (C=O) groups excluding carboxylic acids is 1. The molecule has 116 valence electrons. The van der Waals surface area contributed by atoms with Crippen LogP contribution in [-0.2, 0) is 9.53 Å². The Morgan fingerprint density at radius 1 is 1.33 bits per heavy atom. The molecule has 1 aromatic carbocycles. The van der Waals surface area contributed by atoms with Crippen LogP contribution in [0, 0.1) is 5.92 Å². The molecule has 0 aromatic heterocycles. The molecule has 21 heavy (non-hydrogen) atoms. The normalized spacial score (nSPS) is 17.1. The highest BCUT2D eigenvalue weighted by atomic mass is 16.5. The summed E-state index contributed by atoms with van der Waals surface area (Å²) in [6, 6.07) is 7.49. The average Bonchev–Trinajstić information content (AvgIpc) is 3.33. The fourth-order valence-corrected chi connectivity index (χ4v) is 2.30. The number of anilines is 1. The number of rotatable bonds is 8. The van der Waals surface area contributed by atoms with Crippen LogP contribution in [0.3, 0.4) is 0 Å². The van der Waals surface area contributed by atoms with E-state index in [1.165, 1.54) is 0 Å². The van der Waals surface area contributed by atoms with Gasteiger partial charge >= 0.3 is 0 Å². The van der Waals surface area contributed by atoms with Gasteiger partial charge < -0.3 is 14.8 Å². The van der Waals surface area contributed by atoms with Crippen molar-refractivity contribution in [3.63, 3.8) is 0 Å². The summed E-state index contributed by atoms with van der Waals surface area (Å²) in [6.07, 6.45) is 4.28. The Bertz CT molecular complexity index is 467. The minimum absolute atomic E-state index is 0.0767. The lowest BCUT2D eigenvalue weighted by Crippen LogP contribution is -2.43. The lowest BCUT2D eigenvalue weighted by atomic mass is 9.99. The van der Waals surface area contributed by atoms with Gasteiger partial charge in [-0.3, -0.25) is 4.79 Å². The molecule has 1 aliphatic carbocycles. The molecule has 0 spiro atoms. The van der Waals surface area contributed by atoms with Gasteiger partial charge in [0.2, 0.25) is 0 Å². The van der Waals surface area contributed by atoms with Crippen LogP contribution in [0.2, 0.25) is 0 Å². The van der Waals surface area contributed by atoms with Crippen LogP contribution in [-0.4, -0.2) is 25.2 Å². The van der Waals surface area contributed by atoms with Crippen molar-refractivity contribution in [1.29, 1.82) is 0 Å². The number of hydrogen-bond donors (Lipinski definition) is 1. The van der Waals surface area contributed by atoms with E-state index >= 15 is 0 Å². The van der Waals surface area contributed by atoms with Crippen LogP contribution in [0.15, 0.2) is 24.3 Å². The molecule has 1 saturated carbocycles. The van der Waals surface area contributed by atoms with Crippen molar-refractivity contribution in [2.75, 3.05) is 19.0 Å². The molecule has 0 radical (unpaired) electrons. The van der Waals surface area contributed by atoms with E-state index in [0.29, 0.717) is 5.92 Å². The molecule has 0 unspecified atom stereocenters. The van der Waals surface area contributed by atoms with Gasteiger partial charge in [0.15, 0.2) is 0 Å². The monoisotopic (exact) mass is 291 g/mol.